The highest BCUT2D eigenvalue weighted by Crippen LogP contribution is 2.19. The lowest BCUT2D eigenvalue weighted by molar-refractivity contribution is -0.130. The molecule has 1 unspecified atom stereocenters. The maximum absolute atomic E-state index is 13.3. The van der Waals surface area contributed by atoms with Crippen molar-refractivity contribution in [2.24, 2.45) is 0 Å². The summed E-state index contributed by atoms with van der Waals surface area (Å²) < 4.78 is 18.5. The van der Waals surface area contributed by atoms with E-state index in [1.165, 1.54) is 24.1 Å². The van der Waals surface area contributed by atoms with E-state index in [-0.39, 0.29) is 30.3 Å². The molecule has 0 bridgehead atoms. The number of hydrogen-bond donors (Lipinski definition) is 2. The lowest BCUT2D eigenvalue weighted by Crippen LogP contribution is -2.55. The van der Waals surface area contributed by atoms with Gasteiger partial charge in [-0.1, -0.05) is 0 Å². The van der Waals surface area contributed by atoms with Crippen molar-refractivity contribution in [2.45, 2.75) is 6.04 Å². The number of carbonyl (C=O) groups excluding carboxylic acids is 2. The molecule has 1 heterocycles. The van der Waals surface area contributed by atoms with Crippen LogP contribution in [0.3, 0.4) is 0 Å². The van der Waals surface area contributed by atoms with Gasteiger partial charge in [0.25, 0.3) is 5.91 Å². The molecule has 1 atom stereocenters. The first-order chi connectivity index (χ1) is 9.54. The van der Waals surface area contributed by atoms with Gasteiger partial charge in [-0.2, -0.15) is 0 Å². The molecule has 3 N–H and O–H groups in total. The van der Waals surface area contributed by atoms with Crippen molar-refractivity contribution >= 4 is 17.5 Å². The van der Waals surface area contributed by atoms with Crippen molar-refractivity contribution in [1.82, 2.24) is 10.2 Å². The Balaban J connectivity index is 2.30. The number of benzene rings is 1. The summed E-state index contributed by atoms with van der Waals surface area (Å²) in [6.45, 7) is 0.696. The van der Waals surface area contributed by atoms with E-state index in [9.17, 15) is 14.0 Å². The van der Waals surface area contributed by atoms with Gasteiger partial charge in [-0.3, -0.25) is 9.59 Å². The molecule has 20 heavy (non-hydrogen) atoms. The Morgan fingerprint density at radius 3 is 2.95 bits per heavy atom. The molecular weight excluding hydrogens is 265 g/mol. The third-order valence-corrected chi connectivity index (χ3v) is 3.18. The Kier molecular flexibility index (Phi) is 4.19. The van der Waals surface area contributed by atoms with E-state index in [0.29, 0.717) is 6.61 Å². The van der Waals surface area contributed by atoms with Crippen LogP contribution in [0, 0.1) is 5.82 Å². The van der Waals surface area contributed by atoms with Crippen LogP contribution in [0.15, 0.2) is 18.2 Å². The Labute approximate surface area is 115 Å². The molecule has 7 heteroatoms. The van der Waals surface area contributed by atoms with Crippen LogP contribution in [0.2, 0.25) is 0 Å². The van der Waals surface area contributed by atoms with Gasteiger partial charge in [0.05, 0.1) is 18.8 Å². The molecule has 6 nitrogen and oxygen atoms in total. The number of hydrogen-bond acceptors (Lipinski definition) is 4. The van der Waals surface area contributed by atoms with Crippen LogP contribution in [0.1, 0.15) is 10.4 Å². The summed E-state index contributed by atoms with van der Waals surface area (Å²) in [5.74, 6) is -1.35. The van der Waals surface area contributed by atoms with Gasteiger partial charge in [-0.15, -0.1) is 0 Å². The summed E-state index contributed by atoms with van der Waals surface area (Å²) in [7, 11) is 1.48. The monoisotopic (exact) mass is 281 g/mol. The van der Waals surface area contributed by atoms with Gasteiger partial charge in [0, 0.05) is 19.3 Å². The number of halogens is 1. The van der Waals surface area contributed by atoms with Gasteiger partial charge in [0.15, 0.2) is 0 Å². The van der Waals surface area contributed by atoms with Gasteiger partial charge < -0.3 is 20.7 Å². The summed E-state index contributed by atoms with van der Waals surface area (Å²) in [6.07, 6.45) is 0. The molecule has 0 saturated carbocycles. The first kappa shape index (κ1) is 14.3. The number of carbonyl (C=O) groups is 2. The first-order valence-corrected chi connectivity index (χ1v) is 6.20. The van der Waals surface area contributed by atoms with E-state index in [4.69, 9.17) is 10.5 Å². The van der Waals surface area contributed by atoms with Crippen LogP contribution in [0.4, 0.5) is 10.1 Å². The van der Waals surface area contributed by atoms with E-state index in [1.54, 1.807) is 0 Å². The zero-order chi connectivity index (χ0) is 14.7. The number of ether oxygens (including phenoxy) is 1. The average molecular weight is 281 g/mol. The summed E-state index contributed by atoms with van der Waals surface area (Å²) in [5, 5.41) is 2.48. The largest absolute Gasteiger partial charge is 0.398 e. The van der Waals surface area contributed by atoms with Crippen LogP contribution in [-0.2, 0) is 9.53 Å². The Morgan fingerprint density at radius 1 is 1.50 bits per heavy atom. The molecule has 1 fully saturated rings. The van der Waals surface area contributed by atoms with Gasteiger partial charge in [0.2, 0.25) is 5.91 Å². The molecule has 1 aliphatic heterocycles. The van der Waals surface area contributed by atoms with E-state index < -0.39 is 17.8 Å². The molecule has 2 amide bonds. The predicted octanol–water partition coefficient (Wildman–Crippen LogP) is -0.00510. The molecule has 1 saturated heterocycles. The SMILES string of the molecule is CNC(=O)C1COCCN1C(=O)c1cc(F)ccc1N. The maximum Gasteiger partial charge on any atom is 0.256 e. The summed E-state index contributed by atoms with van der Waals surface area (Å²) >= 11 is 0. The number of nitrogens with one attached hydrogen (secondary N) is 1. The summed E-state index contributed by atoms with van der Waals surface area (Å²) in [5.41, 5.74) is 5.94. The van der Waals surface area contributed by atoms with Crippen molar-refractivity contribution in [3.8, 4) is 0 Å². The number of anilines is 1. The molecule has 0 spiro atoms. The third kappa shape index (κ3) is 2.72. The highest BCUT2D eigenvalue weighted by atomic mass is 19.1. The topological polar surface area (TPSA) is 84.7 Å². The average Bonchev–Trinajstić information content (AvgIpc) is 2.48. The van der Waals surface area contributed by atoms with E-state index in [2.05, 4.69) is 5.32 Å². The second-order valence-corrected chi connectivity index (χ2v) is 4.44. The molecule has 0 radical (unpaired) electrons. The Bertz CT molecular complexity index is 536. The van der Waals surface area contributed by atoms with Gasteiger partial charge in [-0.05, 0) is 18.2 Å². The quantitative estimate of drug-likeness (QED) is 0.747. The fourth-order valence-electron chi connectivity index (χ4n) is 2.10. The lowest BCUT2D eigenvalue weighted by atomic mass is 10.1. The second-order valence-electron chi connectivity index (χ2n) is 4.44. The number of likely N-dealkylation sites (N-methyl/N-ethyl adjacent to an activating group) is 1. The Hall–Kier alpha value is -2.15. The van der Waals surface area contributed by atoms with Crippen molar-refractivity contribution in [3.05, 3.63) is 29.6 Å². The number of morpholine rings is 1. The lowest BCUT2D eigenvalue weighted by Gasteiger charge is -2.34. The molecule has 1 aliphatic rings. The molecule has 1 aromatic carbocycles. The van der Waals surface area contributed by atoms with Crippen LogP contribution >= 0.6 is 0 Å². The predicted molar refractivity (Wildman–Crippen MR) is 70.5 cm³/mol. The third-order valence-electron chi connectivity index (χ3n) is 3.18. The van der Waals surface area contributed by atoms with Crippen LogP contribution < -0.4 is 11.1 Å². The van der Waals surface area contributed by atoms with Gasteiger partial charge in [-0.25, -0.2) is 4.39 Å². The molecular formula is C13H16FN3O3. The van der Waals surface area contributed by atoms with Crippen molar-refractivity contribution in [3.63, 3.8) is 0 Å². The molecule has 0 aliphatic carbocycles. The first-order valence-electron chi connectivity index (χ1n) is 6.20. The van der Waals surface area contributed by atoms with E-state index in [1.807, 2.05) is 0 Å². The van der Waals surface area contributed by atoms with Crippen molar-refractivity contribution < 1.29 is 18.7 Å². The van der Waals surface area contributed by atoms with E-state index >= 15 is 0 Å². The highest BCUT2D eigenvalue weighted by molar-refractivity contribution is 6.01. The minimum Gasteiger partial charge on any atom is -0.398 e. The van der Waals surface area contributed by atoms with E-state index in [0.717, 1.165) is 6.07 Å². The van der Waals surface area contributed by atoms with Crippen LogP contribution in [0.5, 0.6) is 0 Å². The highest BCUT2D eigenvalue weighted by Gasteiger charge is 2.33. The summed E-state index contributed by atoms with van der Waals surface area (Å²) in [6, 6.07) is 2.86. The normalized spacial score (nSPS) is 18.7. The van der Waals surface area contributed by atoms with Gasteiger partial charge >= 0.3 is 0 Å². The number of nitrogens with two attached hydrogens (primary N) is 1. The zero-order valence-electron chi connectivity index (χ0n) is 11.1. The zero-order valence-corrected chi connectivity index (χ0v) is 11.1. The number of nitrogen functional groups attached to an aromatic ring is 1. The minimum atomic E-state index is -0.732. The number of nitrogens with zero attached hydrogens (tertiary/aromatic N) is 1. The smallest absolute Gasteiger partial charge is 0.256 e. The van der Waals surface area contributed by atoms with Gasteiger partial charge in [0.1, 0.15) is 11.9 Å². The summed E-state index contributed by atoms with van der Waals surface area (Å²) in [4.78, 5) is 25.6. The maximum atomic E-state index is 13.3. The number of rotatable bonds is 2. The van der Waals surface area contributed by atoms with Crippen LogP contribution in [-0.4, -0.2) is 49.6 Å². The molecule has 108 valence electrons. The minimum absolute atomic E-state index is 0.0563. The van der Waals surface area contributed by atoms with Crippen molar-refractivity contribution in [2.75, 3.05) is 32.5 Å². The number of amides is 2. The fourth-order valence-corrected chi connectivity index (χ4v) is 2.10. The van der Waals surface area contributed by atoms with Crippen LogP contribution in [0.25, 0.3) is 0 Å². The molecule has 0 aromatic heterocycles. The fraction of sp³-hybridized carbons (Fsp3) is 0.385. The Morgan fingerprint density at radius 2 is 2.25 bits per heavy atom. The van der Waals surface area contributed by atoms with Crippen molar-refractivity contribution in [1.29, 1.82) is 0 Å². The molecule has 2 rings (SSSR count). The second kappa shape index (κ2) is 5.87. The standard InChI is InChI=1S/C13H16FN3O3/c1-16-12(18)11-7-20-5-4-17(11)13(19)9-6-8(14)2-3-10(9)15/h2-3,6,11H,4-5,7,15H2,1H3,(H,16,18). The molecule has 1 aromatic rings.